The first-order chi connectivity index (χ1) is 5.52. The summed E-state index contributed by atoms with van der Waals surface area (Å²) in [6.45, 7) is 1.33. The molecule has 3 nitrogen and oxygen atoms in total. The van der Waals surface area contributed by atoms with Crippen LogP contribution in [0.25, 0.3) is 0 Å². The Balaban J connectivity index is 3.38. The summed E-state index contributed by atoms with van der Waals surface area (Å²) in [5, 5.41) is 0. The molecular formula is C7H8F2N2O. The van der Waals surface area contributed by atoms with Crippen LogP contribution in [0.1, 0.15) is 17.6 Å². The molecule has 0 amide bonds. The second kappa shape index (κ2) is 2.92. The lowest BCUT2D eigenvalue weighted by molar-refractivity contribution is 0.150. The monoisotopic (exact) mass is 174 g/mol. The third-order valence-corrected chi connectivity index (χ3v) is 1.58. The second-order valence-corrected chi connectivity index (χ2v) is 2.43. The minimum Gasteiger partial charge on any atom is -0.385 e. The van der Waals surface area contributed by atoms with Gasteiger partial charge in [0.05, 0.1) is 0 Å². The lowest BCUT2D eigenvalue weighted by atomic mass is 10.1. The SMILES string of the molecule is Cc1c(C(F)F)cc(N)[nH]c1=O. The van der Waals surface area contributed by atoms with Crippen molar-refractivity contribution in [2.45, 2.75) is 13.3 Å². The minimum atomic E-state index is -2.66. The third-order valence-electron chi connectivity index (χ3n) is 1.58. The number of H-pyrrole nitrogens is 1. The average molecular weight is 174 g/mol. The molecule has 0 fully saturated rings. The van der Waals surface area contributed by atoms with Gasteiger partial charge in [0.15, 0.2) is 0 Å². The number of hydrogen-bond donors (Lipinski definition) is 2. The van der Waals surface area contributed by atoms with Gasteiger partial charge < -0.3 is 10.7 Å². The van der Waals surface area contributed by atoms with Crippen LogP contribution in [-0.2, 0) is 0 Å². The number of halogens is 2. The van der Waals surface area contributed by atoms with Crippen molar-refractivity contribution < 1.29 is 8.78 Å². The number of rotatable bonds is 1. The van der Waals surface area contributed by atoms with Gasteiger partial charge in [-0.05, 0) is 13.0 Å². The van der Waals surface area contributed by atoms with E-state index in [4.69, 9.17) is 5.73 Å². The molecule has 0 saturated heterocycles. The van der Waals surface area contributed by atoms with Crippen LogP contribution in [0.4, 0.5) is 14.6 Å². The van der Waals surface area contributed by atoms with Crippen molar-refractivity contribution in [3.8, 4) is 0 Å². The molecule has 1 aromatic rings. The number of nitrogens with one attached hydrogen (secondary N) is 1. The molecule has 0 aliphatic carbocycles. The van der Waals surface area contributed by atoms with E-state index in [-0.39, 0.29) is 16.9 Å². The topological polar surface area (TPSA) is 58.9 Å². The summed E-state index contributed by atoms with van der Waals surface area (Å²) < 4.78 is 24.4. The maximum atomic E-state index is 12.2. The fourth-order valence-corrected chi connectivity index (χ4v) is 0.894. The minimum absolute atomic E-state index is 0.0131. The van der Waals surface area contributed by atoms with Crippen LogP contribution in [-0.4, -0.2) is 4.98 Å². The van der Waals surface area contributed by atoms with Crippen molar-refractivity contribution in [2.24, 2.45) is 0 Å². The molecule has 0 spiro atoms. The largest absolute Gasteiger partial charge is 0.385 e. The molecule has 1 rings (SSSR count). The predicted molar refractivity (Wildman–Crippen MR) is 41.2 cm³/mol. The molecule has 0 aliphatic rings. The van der Waals surface area contributed by atoms with Gasteiger partial charge in [0.25, 0.3) is 12.0 Å². The number of aromatic amines is 1. The Morgan fingerprint density at radius 2 is 2.17 bits per heavy atom. The Bertz CT molecular complexity index is 346. The van der Waals surface area contributed by atoms with Crippen molar-refractivity contribution in [1.29, 1.82) is 0 Å². The molecule has 1 heterocycles. The predicted octanol–water partition coefficient (Wildman–Crippen LogP) is 1.20. The molecule has 0 saturated carbocycles. The summed E-state index contributed by atoms with van der Waals surface area (Å²) in [6.07, 6.45) is -2.66. The second-order valence-electron chi connectivity index (χ2n) is 2.43. The van der Waals surface area contributed by atoms with E-state index in [0.717, 1.165) is 6.07 Å². The lowest BCUT2D eigenvalue weighted by Crippen LogP contribution is -2.14. The van der Waals surface area contributed by atoms with Gasteiger partial charge in [0.1, 0.15) is 5.82 Å². The van der Waals surface area contributed by atoms with E-state index in [1.165, 1.54) is 6.92 Å². The quantitative estimate of drug-likeness (QED) is 0.672. The maximum Gasteiger partial charge on any atom is 0.264 e. The number of pyridine rings is 1. The molecule has 0 unspecified atom stereocenters. The molecule has 0 bridgehead atoms. The number of aromatic nitrogens is 1. The maximum absolute atomic E-state index is 12.2. The van der Waals surface area contributed by atoms with Gasteiger partial charge in [-0.1, -0.05) is 0 Å². The zero-order valence-corrected chi connectivity index (χ0v) is 6.40. The number of nitrogen functional groups attached to an aromatic ring is 1. The molecule has 0 radical (unpaired) electrons. The Kier molecular flexibility index (Phi) is 2.12. The van der Waals surface area contributed by atoms with E-state index >= 15 is 0 Å². The Morgan fingerprint density at radius 1 is 1.58 bits per heavy atom. The Labute approximate surface area is 67.2 Å². The molecular weight excluding hydrogens is 166 g/mol. The zero-order valence-electron chi connectivity index (χ0n) is 6.40. The first kappa shape index (κ1) is 8.70. The Hall–Kier alpha value is -1.39. The summed E-state index contributed by atoms with van der Waals surface area (Å²) >= 11 is 0. The number of hydrogen-bond acceptors (Lipinski definition) is 2. The summed E-state index contributed by atoms with van der Waals surface area (Å²) in [6, 6.07) is 1.07. The Morgan fingerprint density at radius 3 is 2.67 bits per heavy atom. The van der Waals surface area contributed by atoms with Crippen molar-refractivity contribution in [2.75, 3.05) is 5.73 Å². The van der Waals surface area contributed by atoms with Crippen LogP contribution in [0.2, 0.25) is 0 Å². The molecule has 3 N–H and O–H groups in total. The van der Waals surface area contributed by atoms with Gasteiger partial charge in [-0.3, -0.25) is 4.79 Å². The lowest BCUT2D eigenvalue weighted by Gasteiger charge is -2.03. The molecule has 5 heteroatoms. The molecule has 1 aromatic heterocycles. The molecule has 12 heavy (non-hydrogen) atoms. The highest BCUT2D eigenvalue weighted by Gasteiger charge is 2.13. The van der Waals surface area contributed by atoms with Crippen LogP contribution in [0.15, 0.2) is 10.9 Å². The summed E-state index contributed by atoms with van der Waals surface area (Å²) in [5.41, 5.74) is 4.32. The molecule has 0 atom stereocenters. The van der Waals surface area contributed by atoms with Gasteiger partial charge in [-0.15, -0.1) is 0 Å². The van der Waals surface area contributed by atoms with Gasteiger partial charge in [-0.2, -0.15) is 0 Å². The van der Waals surface area contributed by atoms with E-state index in [2.05, 4.69) is 4.98 Å². The van der Waals surface area contributed by atoms with Crippen molar-refractivity contribution in [3.05, 3.63) is 27.5 Å². The average Bonchev–Trinajstić information content (AvgIpc) is 1.96. The third kappa shape index (κ3) is 1.44. The highest BCUT2D eigenvalue weighted by Crippen LogP contribution is 2.20. The van der Waals surface area contributed by atoms with E-state index in [1.54, 1.807) is 0 Å². The van der Waals surface area contributed by atoms with Crippen LogP contribution in [0, 0.1) is 6.92 Å². The fraction of sp³-hybridized carbons (Fsp3) is 0.286. The van der Waals surface area contributed by atoms with Gasteiger partial charge in [-0.25, -0.2) is 8.78 Å². The summed E-state index contributed by atoms with van der Waals surface area (Å²) in [4.78, 5) is 13.1. The number of anilines is 1. The standard InChI is InChI=1S/C7H8F2N2O/c1-3-4(6(8)9)2-5(10)11-7(3)12/h2,6H,1H3,(H3,10,11,12). The van der Waals surface area contributed by atoms with Crippen molar-refractivity contribution >= 4 is 5.82 Å². The first-order valence-electron chi connectivity index (χ1n) is 3.30. The summed E-state index contributed by atoms with van der Waals surface area (Å²) in [5.74, 6) is -0.0408. The van der Waals surface area contributed by atoms with Crippen molar-refractivity contribution in [1.82, 2.24) is 4.98 Å². The van der Waals surface area contributed by atoms with Crippen LogP contribution < -0.4 is 11.3 Å². The van der Waals surface area contributed by atoms with Crippen molar-refractivity contribution in [3.63, 3.8) is 0 Å². The molecule has 0 aliphatic heterocycles. The van der Waals surface area contributed by atoms with E-state index in [0.29, 0.717) is 0 Å². The number of alkyl halides is 2. The highest BCUT2D eigenvalue weighted by atomic mass is 19.3. The van der Waals surface area contributed by atoms with E-state index in [1.807, 2.05) is 0 Å². The van der Waals surface area contributed by atoms with E-state index in [9.17, 15) is 13.6 Å². The normalized spacial score (nSPS) is 10.7. The fourth-order valence-electron chi connectivity index (χ4n) is 0.894. The van der Waals surface area contributed by atoms with Crippen LogP contribution in [0.5, 0.6) is 0 Å². The smallest absolute Gasteiger partial charge is 0.264 e. The molecule has 0 aromatic carbocycles. The van der Waals surface area contributed by atoms with Crippen LogP contribution >= 0.6 is 0 Å². The zero-order chi connectivity index (χ0) is 9.30. The van der Waals surface area contributed by atoms with Crippen LogP contribution in [0.3, 0.4) is 0 Å². The van der Waals surface area contributed by atoms with Gasteiger partial charge >= 0.3 is 0 Å². The van der Waals surface area contributed by atoms with Gasteiger partial charge in [0.2, 0.25) is 0 Å². The molecule has 66 valence electrons. The first-order valence-corrected chi connectivity index (χ1v) is 3.30. The number of nitrogens with two attached hydrogens (primary N) is 1. The van der Waals surface area contributed by atoms with E-state index < -0.39 is 12.0 Å². The highest BCUT2D eigenvalue weighted by molar-refractivity contribution is 5.37. The van der Waals surface area contributed by atoms with Gasteiger partial charge in [0, 0.05) is 11.1 Å². The summed E-state index contributed by atoms with van der Waals surface area (Å²) in [7, 11) is 0.